The lowest BCUT2D eigenvalue weighted by atomic mass is 9.83. The maximum atomic E-state index is 13.5. The van der Waals surface area contributed by atoms with E-state index in [-0.39, 0.29) is 17.3 Å². The van der Waals surface area contributed by atoms with Gasteiger partial charge in [0.15, 0.2) is 5.78 Å². The number of fused-ring (bicyclic) bond motifs is 1. The number of ketones is 2. The Hall–Kier alpha value is -2.66. The van der Waals surface area contributed by atoms with Crippen molar-refractivity contribution in [3.05, 3.63) is 65.5 Å². The molecule has 126 valence electrons. The van der Waals surface area contributed by atoms with Gasteiger partial charge in [0.05, 0.1) is 5.69 Å². The first-order chi connectivity index (χ1) is 12.1. The second-order valence-corrected chi connectivity index (χ2v) is 6.36. The van der Waals surface area contributed by atoms with Crippen LogP contribution in [0.2, 0.25) is 0 Å². The molecule has 1 aliphatic carbocycles. The van der Waals surface area contributed by atoms with Crippen molar-refractivity contribution in [3.63, 3.8) is 0 Å². The van der Waals surface area contributed by atoms with Crippen molar-refractivity contribution in [2.24, 2.45) is 4.99 Å². The molecule has 0 amide bonds. The van der Waals surface area contributed by atoms with Crippen LogP contribution in [0.3, 0.4) is 0 Å². The predicted molar refractivity (Wildman–Crippen MR) is 93.2 cm³/mol. The van der Waals surface area contributed by atoms with Gasteiger partial charge in [0.25, 0.3) is 0 Å². The summed E-state index contributed by atoms with van der Waals surface area (Å²) in [7, 11) is 0. The highest BCUT2D eigenvalue weighted by Crippen LogP contribution is 2.27. The van der Waals surface area contributed by atoms with Gasteiger partial charge in [-0.3, -0.25) is 14.5 Å². The van der Waals surface area contributed by atoms with Gasteiger partial charge in [0.1, 0.15) is 17.6 Å². The van der Waals surface area contributed by atoms with Crippen LogP contribution < -0.4 is 0 Å². The van der Waals surface area contributed by atoms with E-state index in [1.54, 1.807) is 36.4 Å². The average molecular weight is 336 g/mol. The van der Waals surface area contributed by atoms with Gasteiger partial charge in [-0.15, -0.1) is 0 Å². The quantitative estimate of drug-likeness (QED) is 0.844. The molecule has 0 saturated carbocycles. The number of carbonyl (C=O) groups is 2. The van der Waals surface area contributed by atoms with Crippen LogP contribution in [-0.4, -0.2) is 41.3 Å². The van der Waals surface area contributed by atoms with E-state index >= 15 is 0 Å². The Balaban J connectivity index is 1.86. The van der Waals surface area contributed by atoms with Crippen molar-refractivity contribution in [1.82, 2.24) is 4.90 Å². The first-order valence-electron chi connectivity index (χ1n) is 8.41. The molecule has 0 radical (unpaired) electrons. The number of carbonyl (C=O) groups excluding carboxylic acids is 2. The highest BCUT2D eigenvalue weighted by Gasteiger charge is 2.42. The van der Waals surface area contributed by atoms with Crippen LogP contribution in [0.25, 0.3) is 0 Å². The zero-order valence-corrected chi connectivity index (χ0v) is 13.6. The summed E-state index contributed by atoms with van der Waals surface area (Å²) in [4.78, 5) is 32.5. The first kappa shape index (κ1) is 15.8. The Morgan fingerprint density at radius 1 is 0.960 bits per heavy atom. The molecule has 5 heteroatoms. The highest BCUT2D eigenvalue weighted by molar-refractivity contribution is 6.55. The van der Waals surface area contributed by atoms with Crippen molar-refractivity contribution < 1.29 is 14.0 Å². The molecule has 1 fully saturated rings. The van der Waals surface area contributed by atoms with Crippen molar-refractivity contribution in [1.29, 1.82) is 0 Å². The molecule has 4 rings (SSSR count). The van der Waals surface area contributed by atoms with Gasteiger partial charge < -0.3 is 0 Å². The second kappa shape index (κ2) is 6.33. The Morgan fingerprint density at radius 3 is 2.40 bits per heavy atom. The fraction of sp³-hybridized carbons (Fsp3) is 0.250. The number of aliphatic imine (C=N–C) groups is 1. The first-order valence-corrected chi connectivity index (χ1v) is 8.41. The molecule has 0 aromatic heterocycles. The van der Waals surface area contributed by atoms with E-state index in [0.29, 0.717) is 16.8 Å². The molecule has 2 aliphatic rings. The van der Waals surface area contributed by atoms with Crippen molar-refractivity contribution in [2.45, 2.75) is 18.9 Å². The largest absolute Gasteiger partial charge is 0.292 e. The molecule has 1 heterocycles. The number of Topliss-reactive ketones (excluding diaryl/α,β-unsaturated/α-hetero) is 2. The Kier molecular flexibility index (Phi) is 4.01. The molecular formula is C20H17FN2O2. The molecule has 25 heavy (non-hydrogen) atoms. The van der Waals surface area contributed by atoms with Crippen LogP contribution in [0.15, 0.2) is 53.5 Å². The summed E-state index contributed by atoms with van der Waals surface area (Å²) in [6.45, 7) is 1.52. The van der Waals surface area contributed by atoms with Gasteiger partial charge in [0.2, 0.25) is 5.78 Å². The van der Waals surface area contributed by atoms with Gasteiger partial charge in [-0.05, 0) is 44.1 Å². The predicted octanol–water partition coefficient (Wildman–Crippen LogP) is 3.44. The van der Waals surface area contributed by atoms with Gasteiger partial charge in [-0.2, -0.15) is 0 Å². The molecule has 0 N–H and O–H groups in total. The molecule has 0 spiro atoms. The third-order valence-corrected chi connectivity index (χ3v) is 4.74. The molecule has 1 atom stereocenters. The summed E-state index contributed by atoms with van der Waals surface area (Å²) in [5.41, 5.74) is 1.36. The van der Waals surface area contributed by atoms with Crippen molar-refractivity contribution in [3.8, 4) is 0 Å². The number of benzene rings is 2. The fourth-order valence-corrected chi connectivity index (χ4v) is 3.56. The summed E-state index contributed by atoms with van der Waals surface area (Å²) in [5, 5.41) is 0. The van der Waals surface area contributed by atoms with Crippen LogP contribution in [-0.2, 0) is 0 Å². The van der Waals surface area contributed by atoms with Crippen LogP contribution >= 0.6 is 0 Å². The lowest BCUT2D eigenvalue weighted by Crippen LogP contribution is -2.51. The molecule has 2 aromatic rings. The van der Waals surface area contributed by atoms with Crippen LogP contribution in [0, 0.1) is 5.82 Å². The SMILES string of the molecule is O=C1C(=Nc2cccc(F)c2)C(N2CCCC2)C(=O)c2ccccc21. The number of rotatable bonds is 2. The summed E-state index contributed by atoms with van der Waals surface area (Å²) >= 11 is 0. The Labute approximate surface area is 145 Å². The van der Waals surface area contributed by atoms with E-state index < -0.39 is 11.9 Å². The van der Waals surface area contributed by atoms with Gasteiger partial charge in [-0.25, -0.2) is 9.38 Å². The third kappa shape index (κ3) is 2.81. The Bertz CT molecular complexity index is 885. The number of likely N-dealkylation sites (tertiary alicyclic amines) is 1. The smallest absolute Gasteiger partial charge is 0.210 e. The fourth-order valence-electron chi connectivity index (χ4n) is 3.56. The van der Waals surface area contributed by atoms with Crippen LogP contribution in [0.4, 0.5) is 10.1 Å². The summed E-state index contributed by atoms with van der Waals surface area (Å²) in [6, 6.07) is 11.9. The van der Waals surface area contributed by atoms with E-state index in [4.69, 9.17) is 0 Å². The zero-order chi connectivity index (χ0) is 17.4. The molecule has 1 saturated heterocycles. The molecule has 0 bridgehead atoms. The lowest BCUT2D eigenvalue weighted by molar-refractivity contribution is 0.0873. The zero-order valence-electron chi connectivity index (χ0n) is 13.6. The van der Waals surface area contributed by atoms with E-state index in [0.717, 1.165) is 25.9 Å². The summed E-state index contributed by atoms with van der Waals surface area (Å²) in [6.07, 6.45) is 1.99. The topological polar surface area (TPSA) is 49.7 Å². The minimum atomic E-state index is -0.687. The third-order valence-electron chi connectivity index (χ3n) is 4.74. The number of hydrogen-bond acceptors (Lipinski definition) is 4. The molecule has 2 aromatic carbocycles. The van der Waals surface area contributed by atoms with Crippen molar-refractivity contribution in [2.75, 3.05) is 13.1 Å². The van der Waals surface area contributed by atoms with Crippen LogP contribution in [0.1, 0.15) is 33.6 Å². The Morgan fingerprint density at radius 2 is 1.68 bits per heavy atom. The number of halogens is 1. The number of hydrogen-bond donors (Lipinski definition) is 0. The molecule has 1 aliphatic heterocycles. The molecular weight excluding hydrogens is 319 g/mol. The minimum Gasteiger partial charge on any atom is -0.292 e. The normalized spacial score (nSPS) is 22.4. The maximum Gasteiger partial charge on any atom is 0.210 e. The monoisotopic (exact) mass is 336 g/mol. The summed E-state index contributed by atoms with van der Waals surface area (Å²) < 4.78 is 13.5. The van der Waals surface area contributed by atoms with Gasteiger partial charge in [0, 0.05) is 11.1 Å². The lowest BCUT2D eigenvalue weighted by Gasteiger charge is -2.31. The van der Waals surface area contributed by atoms with Gasteiger partial charge >= 0.3 is 0 Å². The molecule has 4 nitrogen and oxygen atoms in total. The average Bonchev–Trinajstić information content (AvgIpc) is 3.14. The standard InChI is InChI=1S/C20H17FN2O2/c21-13-6-5-7-14(12-13)22-17-18(23-10-3-4-11-23)20(25)16-9-2-1-8-15(16)19(17)24/h1-2,5-9,12,18H,3-4,10-11H2. The highest BCUT2D eigenvalue weighted by atomic mass is 19.1. The van der Waals surface area contributed by atoms with E-state index in [1.807, 2.05) is 4.90 Å². The maximum absolute atomic E-state index is 13.5. The second-order valence-electron chi connectivity index (χ2n) is 6.36. The minimum absolute atomic E-state index is 0.104. The van der Waals surface area contributed by atoms with Crippen LogP contribution in [0.5, 0.6) is 0 Å². The van der Waals surface area contributed by atoms with E-state index in [1.165, 1.54) is 12.1 Å². The van der Waals surface area contributed by atoms with Gasteiger partial charge in [-0.1, -0.05) is 30.3 Å². The van der Waals surface area contributed by atoms with E-state index in [2.05, 4.69) is 4.99 Å². The van der Waals surface area contributed by atoms with E-state index in [9.17, 15) is 14.0 Å². The summed E-state index contributed by atoms with van der Waals surface area (Å²) in [5.74, 6) is -0.779. The number of nitrogens with zero attached hydrogens (tertiary/aromatic N) is 2. The molecule has 1 unspecified atom stereocenters. The van der Waals surface area contributed by atoms with Crippen molar-refractivity contribution >= 4 is 23.0 Å².